The molecule has 1 saturated carbocycles. The molecule has 1 N–H and O–H groups in total. The largest absolute Gasteiger partial charge is 0.326 e. The van der Waals surface area contributed by atoms with E-state index in [1.165, 1.54) is 37.0 Å². The van der Waals surface area contributed by atoms with Crippen molar-refractivity contribution in [3.8, 4) is 10.7 Å². The van der Waals surface area contributed by atoms with Crippen molar-refractivity contribution in [1.82, 2.24) is 14.9 Å². The summed E-state index contributed by atoms with van der Waals surface area (Å²) >= 11 is 1.77. The number of thiophene rings is 1. The fourth-order valence-corrected chi connectivity index (χ4v) is 3.91. The molecule has 3 rings (SSSR count). The van der Waals surface area contributed by atoms with Gasteiger partial charge >= 0.3 is 0 Å². The second-order valence-electron chi connectivity index (χ2n) is 5.55. The summed E-state index contributed by atoms with van der Waals surface area (Å²) in [7, 11) is 0. The number of nitrogens with zero attached hydrogens (tertiary/aromatic N) is 2. The minimum absolute atomic E-state index is 0.551. The summed E-state index contributed by atoms with van der Waals surface area (Å²) < 4.78 is 2.40. The van der Waals surface area contributed by atoms with Crippen molar-refractivity contribution in [1.29, 1.82) is 0 Å². The zero-order valence-electron chi connectivity index (χ0n) is 12.1. The molecule has 1 aliphatic carbocycles. The van der Waals surface area contributed by atoms with Crippen LogP contribution in [0.15, 0.2) is 29.9 Å². The van der Waals surface area contributed by atoms with Crippen LogP contribution in [0.5, 0.6) is 0 Å². The SMILES string of the molecule is CCCNC1CCCCC1n1ccnc1-c1cccs1. The van der Waals surface area contributed by atoms with Gasteiger partial charge in [-0.2, -0.15) is 0 Å². The van der Waals surface area contributed by atoms with Gasteiger partial charge in [-0.15, -0.1) is 11.3 Å². The lowest BCUT2D eigenvalue weighted by molar-refractivity contribution is 0.265. The third-order valence-electron chi connectivity index (χ3n) is 4.15. The molecule has 0 radical (unpaired) electrons. The summed E-state index contributed by atoms with van der Waals surface area (Å²) in [6, 6.07) is 5.42. The Kier molecular flexibility index (Phi) is 4.53. The molecule has 2 aromatic rings. The molecule has 2 unspecified atom stereocenters. The van der Waals surface area contributed by atoms with Crippen LogP contribution < -0.4 is 5.32 Å². The Balaban J connectivity index is 1.85. The summed E-state index contributed by atoms with van der Waals surface area (Å²) in [5.41, 5.74) is 0. The zero-order valence-corrected chi connectivity index (χ0v) is 12.9. The van der Waals surface area contributed by atoms with E-state index in [0.717, 1.165) is 12.4 Å². The van der Waals surface area contributed by atoms with Gasteiger partial charge in [0.25, 0.3) is 0 Å². The third kappa shape index (κ3) is 2.81. The van der Waals surface area contributed by atoms with Crippen molar-refractivity contribution in [2.24, 2.45) is 0 Å². The van der Waals surface area contributed by atoms with E-state index in [0.29, 0.717) is 12.1 Å². The molecule has 2 heterocycles. The monoisotopic (exact) mass is 289 g/mol. The Morgan fingerprint density at radius 3 is 3.10 bits per heavy atom. The number of hydrogen-bond donors (Lipinski definition) is 1. The molecule has 2 atom stereocenters. The molecule has 0 saturated heterocycles. The van der Waals surface area contributed by atoms with Crippen molar-refractivity contribution in [2.75, 3.05) is 6.54 Å². The standard InChI is InChI=1S/C16H23N3S/c1-2-9-17-13-6-3-4-7-14(13)19-11-10-18-16(19)15-8-5-12-20-15/h5,8,10-14,17H,2-4,6-7,9H2,1H3. The first-order chi connectivity index (χ1) is 9.90. The lowest BCUT2D eigenvalue weighted by Crippen LogP contribution is -2.40. The molecular weight excluding hydrogens is 266 g/mol. The Hall–Kier alpha value is -1.13. The molecule has 0 aromatic carbocycles. The van der Waals surface area contributed by atoms with Gasteiger partial charge in [0.15, 0.2) is 0 Å². The topological polar surface area (TPSA) is 29.9 Å². The molecule has 108 valence electrons. The summed E-state index contributed by atoms with van der Waals surface area (Å²) in [6.07, 6.45) is 10.5. The van der Waals surface area contributed by atoms with Crippen molar-refractivity contribution < 1.29 is 0 Å². The van der Waals surface area contributed by atoms with Crippen LogP contribution in [0.4, 0.5) is 0 Å². The number of nitrogens with one attached hydrogen (secondary N) is 1. The number of imidazole rings is 1. The first kappa shape index (κ1) is 13.8. The van der Waals surface area contributed by atoms with Gasteiger partial charge in [0.1, 0.15) is 5.82 Å². The molecule has 2 aromatic heterocycles. The van der Waals surface area contributed by atoms with Crippen molar-refractivity contribution >= 4 is 11.3 Å². The van der Waals surface area contributed by atoms with E-state index < -0.39 is 0 Å². The van der Waals surface area contributed by atoms with Crippen LogP contribution in [0.3, 0.4) is 0 Å². The van der Waals surface area contributed by atoms with Gasteiger partial charge in [-0.3, -0.25) is 0 Å². The average molecular weight is 289 g/mol. The number of rotatable bonds is 5. The summed E-state index contributed by atoms with van der Waals surface area (Å²) in [5, 5.41) is 5.86. The van der Waals surface area contributed by atoms with Crippen LogP contribution in [0.2, 0.25) is 0 Å². The second-order valence-corrected chi connectivity index (χ2v) is 6.50. The highest BCUT2D eigenvalue weighted by Crippen LogP contribution is 2.33. The van der Waals surface area contributed by atoms with Gasteiger partial charge < -0.3 is 9.88 Å². The predicted octanol–water partition coefficient (Wildman–Crippen LogP) is 4.09. The van der Waals surface area contributed by atoms with E-state index in [-0.39, 0.29) is 0 Å². The summed E-state index contributed by atoms with van der Waals surface area (Å²) in [4.78, 5) is 5.87. The Labute approximate surface area is 125 Å². The summed E-state index contributed by atoms with van der Waals surface area (Å²) in [5.74, 6) is 1.13. The first-order valence-electron chi connectivity index (χ1n) is 7.70. The van der Waals surface area contributed by atoms with E-state index in [9.17, 15) is 0 Å². The van der Waals surface area contributed by atoms with Crippen LogP contribution in [0, 0.1) is 0 Å². The van der Waals surface area contributed by atoms with Crippen LogP contribution in [0.25, 0.3) is 10.7 Å². The highest BCUT2D eigenvalue weighted by Gasteiger charge is 2.27. The molecule has 0 bridgehead atoms. The second kappa shape index (κ2) is 6.55. The molecule has 0 spiro atoms. The molecule has 4 heteroatoms. The van der Waals surface area contributed by atoms with E-state index in [1.54, 1.807) is 11.3 Å². The number of hydrogen-bond acceptors (Lipinski definition) is 3. The molecule has 20 heavy (non-hydrogen) atoms. The lowest BCUT2D eigenvalue weighted by Gasteiger charge is -2.34. The Morgan fingerprint density at radius 1 is 1.40 bits per heavy atom. The molecule has 3 nitrogen and oxygen atoms in total. The highest BCUT2D eigenvalue weighted by atomic mass is 32.1. The van der Waals surface area contributed by atoms with Gasteiger partial charge in [-0.25, -0.2) is 4.98 Å². The highest BCUT2D eigenvalue weighted by molar-refractivity contribution is 7.13. The van der Waals surface area contributed by atoms with Crippen molar-refractivity contribution in [2.45, 2.75) is 51.1 Å². The van der Waals surface area contributed by atoms with Gasteiger partial charge in [-0.05, 0) is 37.3 Å². The van der Waals surface area contributed by atoms with Crippen LogP contribution in [0.1, 0.15) is 45.1 Å². The van der Waals surface area contributed by atoms with Crippen LogP contribution >= 0.6 is 11.3 Å². The molecule has 0 amide bonds. The first-order valence-corrected chi connectivity index (χ1v) is 8.58. The van der Waals surface area contributed by atoms with Gasteiger partial charge in [0.2, 0.25) is 0 Å². The Bertz CT molecular complexity index is 518. The average Bonchev–Trinajstić information content (AvgIpc) is 3.15. The predicted molar refractivity (Wildman–Crippen MR) is 85.1 cm³/mol. The molecular formula is C16H23N3S. The molecule has 1 fully saturated rings. The Morgan fingerprint density at radius 2 is 2.30 bits per heavy atom. The van der Waals surface area contributed by atoms with Crippen molar-refractivity contribution in [3.63, 3.8) is 0 Å². The maximum Gasteiger partial charge on any atom is 0.150 e. The normalized spacial score (nSPS) is 23.1. The van der Waals surface area contributed by atoms with E-state index >= 15 is 0 Å². The maximum absolute atomic E-state index is 4.59. The number of aromatic nitrogens is 2. The fourth-order valence-electron chi connectivity index (χ4n) is 3.19. The van der Waals surface area contributed by atoms with Crippen LogP contribution in [-0.4, -0.2) is 22.1 Å². The van der Waals surface area contributed by atoms with Gasteiger partial charge in [0, 0.05) is 18.4 Å². The van der Waals surface area contributed by atoms with E-state index in [1.807, 2.05) is 6.20 Å². The van der Waals surface area contributed by atoms with E-state index in [2.05, 4.69) is 45.5 Å². The summed E-state index contributed by atoms with van der Waals surface area (Å²) in [6.45, 7) is 3.35. The quantitative estimate of drug-likeness (QED) is 0.898. The molecule has 0 aliphatic heterocycles. The van der Waals surface area contributed by atoms with E-state index in [4.69, 9.17) is 0 Å². The smallest absolute Gasteiger partial charge is 0.150 e. The zero-order chi connectivity index (χ0) is 13.8. The minimum Gasteiger partial charge on any atom is -0.326 e. The van der Waals surface area contributed by atoms with Crippen LogP contribution in [-0.2, 0) is 0 Å². The molecule has 1 aliphatic rings. The third-order valence-corrected chi connectivity index (χ3v) is 5.02. The lowest BCUT2D eigenvalue weighted by atomic mass is 9.90. The minimum atomic E-state index is 0.551. The van der Waals surface area contributed by atoms with Crippen molar-refractivity contribution in [3.05, 3.63) is 29.9 Å². The fraction of sp³-hybridized carbons (Fsp3) is 0.562. The maximum atomic E-state index is 4.59. The van der Waals surface area contributed by atoms with Gasteiger partial charge in [-0.1, -0.05) is 25.8 Å². The van der Waals surface area contributed by atoms with Gasteiger partial charge in [0.05, 0.1) is 10.9 Å².